The van der Waals surface area contributed by atoms with Crippen molar-refractivity contribution in [2.75, 3.05) is 13.1 Å². The van der Waals surface area contributed by atoms with E-state index in [4.69, 9.17) is 0 Å². The van der Waals surface area contributed by atoms with Gasteiger partial charge in [-0.3, -0.25) is 14.5 Å². The van der Waals surface area contributed by atoms with E-state index in [1.54, 1.807) is 11.0 Å². The van der Waals surface area contributed by atoms with Crippen LogP contribution < -0.4 is 0 Å². The summed E-state index contributed by atoms with van der Waals surface area (Å²) in [6, 6.07) is 4.05. The molecule has 28 heavy (non-hydrogen) atoms. The lowest BCUT2D eigenvalue weighted by atomic mass is 9.96. The molecule has 0 unspecified atom stereocenters. The van der Waals surface area contributed by atoms with Crippen molar-refractivity contribution in [1.29, 1.82) is 0 Å². The van der Waals surface area contributed by atoms with Gasteiger partial charge in [-0.1, -0.05) is 0 Å². The summed E-state index contributed by atoms with van der Waals surface area (Å²) in [7, 11) is 0. The van der Waals surface area contributed by atoms with Gasteiger partial charge in [0.25, 0.3) is 0 Å². The van der Waals surface area contributed by atoms with E-state index >= 15 is 0 Å². The van der Waals surface area contributed by atoms with Crippen LogP contribution in [0.25, 0.3) is 0 Å². The van der Waals surface area contributed by atoms with Crippen molar-refractivity contribution in [2.45, 2.75) is 44.7 Å². The highest BCUT2D eigenvalue weighted by Gasteiger charge is 2.27. The van der Waals surface area contributed by atoms with E-state index in [-0.39, 0.29) is 11.8 Å². The van der Waals surface area contributed by atoms with E-state index in [2.05, 4.69) is 24.6 Å². The maximum atomic E-state index is 12.7. The number of aromatic nitrogens is 6. The first-order valence-electron chi connectivity index (χ1n) is 9.80. The van der Waals surface area contributed by atoms with E-state index in [1.165, 1.54) is 11.9 Å². The standard InChI is InChI=1S/C20H25N7O/c28-19(4-2-11-27-16-22-15-24-27)25-10-1-3-18(14-25)20-23-9-12-26(20)13-17-5-7-21-8-6-17/h5-9,12,15-16,18H,1-4,10-11,13-14H2/t18-/m0/s1. The molecule has 1 fully saturated rings. The summed E-state index contributed by atoms with van der Waals surface area (Å²) >= 11 is 0. The molecular formula is C20H25N7O. The Hall–Kier alpha value is -3.03. The molecule has 8 heteroatoms. The van der Waals surface area contributed by atoms with Crippen LogP contribution in [-0.4, -0.2) is 53.2 Å². The lowest BCUT2D eigenvalue weighted by Gasteiger charge is -2.33. The second-order valence-electron chi connectivity index (χ2n) is 7.21. The van der Waals surface area contributed by atoms with Gasteiger partial charge in [-0.15, -0.1) is 0 Å². The first-order valence-corrected chi connectivity index (χ1v) is 9.80. The van der Waals surface area contributed by atoms with Gasteiger partial charge in [0.15, 0.2) is 0 Å². The number of aryl methyl sites for hydroxylation is 1. The first-order chi connectivity index (χ1) is 13.8. The van der Waals surface area contributed by atoms with E-state index in [0.29, 0.717) is 6.42 Å². The van der Waals surface area contributed by atoms with Crippen LogP contribution in [0.4, 0.5) is 0 Å². The highest BCUT2D eigenvalue weighted by Crippen LogP contribution is 2.26. The molecule has 3 aromatic rings. The van der Waals surface area contributed by atoms with Gasteiger partial charge in [0.1, 0.15) is 18.5 Å². The van der Waals surface area contributed by atoms with Crippen molar-refractivity contribution in [2.24, 2.45) is 0 Å². The average Bonchev–Trinajstić information content (AvgIpc) is 3.41. The van der Waals surface area contributed by atoms with Crippen LogP contribution in [0, 0.1) is 0 Å². The Morgan fingerprint density at radius 2 is 2.07 bits per heavy atom. The molecule has 0 aliphatic carbocycles. The number of pyridine rings is 1. The molecule has 1 atom stereocenters. The zero-order valence-electron chi connectivity index (χ0n) is 15.9. The van der Waals surface area contributed by atoms with Gasteiger partial charge in [0.05, 0.1) is 0 Å². The number of likely N-dealkylation sites (tertiary alicyclic amines) is 1. The van der Waals surface area contributed by atoms with Crippen molar-refractivity contribution in [3.05, 3.63) is 61.0 Å². The molecule has 3 aromatic heterocycles. The van der Waals surface area contributed by atoms with Gasteiger partial charge in [0, 0.05) is 63.3 Å². The summed E-state index contributed by atoms with van der Waals surface area (Å²) in [6.07, 6.45) is 14.1. The van der Waals surface area contributed by atoms with E-state index < -0.39 is 0 Å². The number of hydrogen-bond donors (Lipinski definition) is 0. The highest BCUT2D eigenvalue weighted by molar-refractivity contribution is 5.76. The molecule has 0 aromatic carbocycles. The fourth-order valence-corrected chi connectivity index (χ4v) is 3.81. The van der Waals surface area contributed by atoms with E-state index in [9.17, 15) is 4.79 Å². The van der Waals surface area contributed by atoms with Crippen LogP contribution in [0.5, 0.6) is 0 Å². The molecule has 0 radical (unpaired) electrons. The number of piperidine rings is 1. The Morgan fingerprint density at radius 3 is 2.89 bits per heavy atom. The predicted octanol–water partition coefficient (Wildman–Crippen LogP) is 2.10. The molecule has 1 aliphatic rings. The minimum absolute atomic E-state index is 0.219. The van der Waals surface area contributed by atoms with Gasteiger partial charge in [-0.2, -0.15) is 5.10 Å². The fourth-order valence-electron chi connectivity index (χ4n) is 3.81. The summed E-state index contributed by atoms with van der Waals surface area (Å²) in [5.74, 6) is 1.57. The molecule has 0 saturated carbocycles. The van der Waals surface area contributed by atoms with Gasteiger partial charge < -0.3 is 9.47 Å². The van der Waals surface area contributed by atoms with Crippen LogP contribution in [0.2, 0.25) is 0 Å². The number of amides is 1. The maximum absolute atomic E-state index is 12.7. The minimum atomic E-state index is 0.219. The summed E-state index contributed by atoms with van der Waals surface area (Å²) < 4.78 is 3.96. The van der Waals surface area contributed by atoms with Crippen LogP contribution in [-0.2, 0) is 17.9 Å². The van der Waals surface area contributed by atoms with Crippen molar-refractivity contribution in [3.8, 4) is 0 Å². The molecular weight excluding hydrogens is 354 g/mol. The second kappa shape index (κ2) is 8.77. The Morgan fingerprint density at radius 1 is 1.18 bits per heavy atom. The number of carbonyl (C=O) groups is 1. The number of imidazole rings is 1. The summed E-state index contributed by atoms with van der Waals surface area (Å²) in [6.45, 7) is 3.08. The molecule has 146 valence electrons. The zero-order chi connectivity index (χ0) is 19.2. The third-order valence-electron chi connectivity index (χ3n) is 5.23. The predicted molar refractivity (Wildman–Crippen MR) is 103 cm³/mol. The molecule has 1 saturated heterocycles. The monoisotopic (exact) mass is 379 g/mol. The number of nitrogens with zero attached hydrogens (tertiary/aromatic N) is 7. The van der Waals surface area contributed by atoms with Crippen LogP contribution in [0.15, 0.2) is 49.6 Å². The Balaban J connectivity index is 1.35. The SMILES string of the molecule is O=C(CCCn1cncn1)N1CCC[C@H](c2nccn2Cc2ccncc2)C1. The smallest absolute Gasteiger partial charge is 0.222 e. The Kier molecular flexibility index (Phi) is 5.75. The molecule has 4 heterocycles. The highest BCUT2D eigenvalue weighted by atomic mass is 16.2. The lowest BCUT2D eigenvalue weighted by molar-refractivity contribution is -0.132. The minimum Gasteiger partial charge on any atom is -0.342 e. The van der Waals surface area contributed by atoms with E-state index in [1.807, 2.05) is 41.8 Å². The quantitative estimate of drug-likeness (QED) is 0.628. The molecule has 0 N–H and O–H groups in total. The fraction of sp³-hybridized carbons (Fsp3) is 0.450. The van der Waals surface area contributed by atoms with Crippen molar-refractivity contribution in [3.63, 3.8) is 0 Å². The van der Waals surface area contributed by atoms with E-state index in [0.717, 1.165) is 51.3 Å². The van der Waals surface area contributed by atoms with Gasteiger partial charge in [-0.25, -0.2) is 9.97 Å². The maximum Gasteiger partial charge on any atom is 0.222 e. The first kappa shape index (κ1) is 18.3. The molecule has 4 rings (SSSR count). The topological polar surface area (TPSA) is 81.7 Å². The summed E-state index contributed by atoms with van der Waals surface area (Å²) in [5, 5.41) is 4.08. The van der Waals surface area contributed by atoms with Crippen molar-refractivity contribution >= 4 is 5.91 Å². The second-order valence-corrected chi connectivity index (χ2v) is 7.21. The Labute approximate surface area is 164 Å². The third-order valence-corrected chi connectivity index (χ3v) is 5.23. The van der Waals surface area contributed by atoms with Gasteiger partial charge >= 0.3 is 0 Å². The van der Waals surface area contributed by atoms with Crippen molar-refractivity contribution in [1.82, 2.24) is 34.2 Å². The summed E-state index contributed by atoms with van der Waals surface area (Å²) in [5.41, 5.74) is 1.20. The van der Waals surface area contributed by atoms with Crippen LogP contribution in [0.1, 0.15) is 43.0 Å². The molecule has 1 aliphatic heterocycles. The molecule has 0 bridgehead atoms. The third kappa shape index (κ3) is 4.44. The zero-order valence-corrected chi connectivity index (χ0v) is 15.9. The average molecular weight is 379 g/mol. The molecule has 0 spiro atoms. The number of rotatable bonds is 7. The normalized spacial score (nSPS) is 17.0. The molecule has 8 nitrogen and oxygen atoms in total. The van der Waals surface area contributed by atoms with Crippen molar-refractivity contribution < 1.29 is 4.79 Å². The lowest BCUT2D eigenvalue weighted by Crippen LogP contribution is -2.39. The molecule has 1 amide bonds. The largest absolute Gasteiger partial charge is 0.342 e. The van der Waals surface area contributed by atoms with Crippen LogP contribution in [0.3, 0.4) is 0 Å². The van der Waals surface area contributed by atoms with Gasteiger partial charge in [-0.05, 0) is 37.0 Å². The van der Waals surface area contributed by atoms with Crippen LogP contribution >= 0.6 is 0 Å². The Bertz CT molecular complexity index is 875. The van der Waals surface area contributed by atoms with Gasteiger partial charge in [0.2, 0.25) is 5.91 Å². The number of hydrogen-bond acceptors (Lipinski definition) is 5. The summed E-state index contributed by atoms with van der Waals surface area (Å²) in [4.78, 5) is 27.3. The number of carbonyl (C=O) groups excluding carboxylic acids is 1.